The smallest absolute Gasteiger partial charge is 0.410 e. The summed E-state index contributed by atoms with van der Waals surface area (Å²) in [6.07, 6.45) is 1.00. The summed E-state index contributed by atoms with van der Waals surface area (Å²) >= 11 is 0. The van der Waals surface area contributed by atoms with E-state index in [1.807, 2.05) is 0 Å². The highest BCUT2D eigenvalue weighted by atomic mass is 16.7. The Morgan fingerprint density at radius 2 is 1.94 bits per heavy atom. The lowest BCUT2D eigenvalue weighted by atomic mass is 10.2. The second kappa shape index (κ2) is 5.56. The number of likely N-dealkylation sites (N-methyl/N-ethyl adjacent to an activating group) is 1. The third-order valence-electron chi connectivity index (χ3n) is 2.75. The molecule has 1 saturated heterocycles. The molecule has 6 nitrogen and oxygen atoms in total. The van der Waals surface area contributed by atoms with Gasteiger partial charge >= 0.3 is 6.09 Å². The summed E-state index contributed by atoms with van der Waals surface area (Å²) in [5, 5.41) is 1.15. The highest BCUT2D eigenvalue weighted by molar-refractivity contribution is 5.85. The van der Waals surface area contributed by atoms with Crippen LogP contribution in [0.4, 0.5) is 4.79 Å². The Labute approximate surface area is 108 Å². The first-order valence-electron chi connectivity index (χ1n) is 6.07. The van der Waals surface area contributed by atoms with Crippen molar-refractivity contribution in [1.29, 1.82) is 0 Å². The number of likely N-dealkylation sites (tertiary alicyclic amines) is 1. The normalized spacial score (nSPS) is 19.8. The largest absolute Gasteiger partial charge is 0.444 e. The minimum atomic E-state index is -0.555. The van der Waals surface area contributed by atoms with E-state index in [0.29, 0.717) is 13.0 Å². The molecule has 0 saturated carbocycles. The number of hydrogen-bond acceptors (Lipinski definition) is 4. The lowest BCUT2D eigenvalue weighted by molar-refractivity contribution is -0.173. The quantitative estimate of drug-likeness (QED) is 0.703. The molecule has 1 heterocycles. The first-order valence-corrected chi connectivity index (χ1v) is 6.07. The first-order chi connectivity index (χ1) is 8.26. The highest BCUT2D eigenvalue weighted by Crippen LogP contribution is 2.22. The Morgan fingerprint density at radius 1 is 1.33 bits per heavy atom. The van der Waals surface area contributed by atoms with Gasteiger partial charge in [-0.2, -0.15) is 0 Å². The lowest BCUT2D eigenvalue weighted by Gasteiger charge is -2.29. The number of nitrogens with zero attached hydrogens (tertiary/aromatic N) is 2. The van der Waals surface area contributed by atoms with Crippen molar-refractivity contribution in [2.75, 3.05) is 20.7 Å². The molecule has 1 aliphatic heterocycles. The Kier molecular flexibility index (Phi) is 4.56. The summed E-state index contributed by atoms with van der Waals surface area (Å²) < 4.78 is 5.29. The summed E-state index contributed by atoms with van der Waals surface area (Å²) in [7, 11) is 2.96. The molecule has 0 aromatic heterocycles. The zero-order chi connectivity index (χ0) is 13.9. The molecular weight excluding hydrogens is 236 g/mol. The number of hydrogen-bond donors (Lipinski definition) is 0. The minimum absolute atomic E-state index is 0.221. The molecule has 18 heavy (non-hydrogen) atoms. The van der Waals surface area contributed by atoms with E-state index >= 15 is 0 Å². The standard InChI is InChI=1S/C12H22N2O4/c1-12(2,3)18-11(16)14-8-6-7-9(14)10(15)13(4)17-5/h9H,6-8H2,1-5H3. The number of amides is 2. The summed E-state index contributed by atoms with van der Waals surface area (Å²) in [6.45, 7) is 5.96. The van der Waals surface area contributed by atoms with Gasteiger partial charge in [0.25, 0.3) is 5.91 Å². The average molecular weight is 258 g/mol. The van der Waals surface area contributed by atoms with Gasteiger partial charge in [-0.3, -0.25) is 14.5 Å². The van der Waals surface area contributed by atoms with E-state index in [9.17, 15) is 9.59 Å². The van der Waals surface area contributed by atoms with E-state index in [4.69, 9.17) is 9.57 Å². The Morgan fingerprint density at radius 3 is 2.44 bits per heavy atom. The summed E-state index contributed by atoms with van der Waals surface area (Å²) in [5.74, 6) is -0.221. The number of rotatable bonds is 2. The summed E-state index contributed by atoms with van der Waals surface area (Å²) in [6, 6.07) is -0.482. The maximum Gasteiger partial charge on any atom is 0.410 e. The van der Waals surface area contributed by atoms with Crippen LogP contribution in [-0.4, -0.2) is 54.3 Å². The van der Waals surface area contributed by atoms with Crippen molar-refractivity contribution >= 4 is 12.0 Å². The molecule has 0 radical (unpaired) electrons. The molecule has 0 aromatic rings. The molecule has 2 amide bonds. The van der Waals surface area contributed by atoms with E-state index < -0.39 is 17.7 Å². The van der Waals surface area contributed by atoms with E-state index in [0.717, 1.165) is 11.5 Å². The minimum Gasteiger partial charge on any atom is -0.444 e. The van der Waals surface area contributed by atoms with Crippen molar-refractivity contribution < 1.29 is 19.2 Å². The zero-order valence-electron chi connectivity index (χ0n) is 11.7. The second-order valence-electron chi connectivity index (χ2n) is 5.35. The molecule has 6 heteroatoms. The van der Waals surface area contributed by atoms with Crippen LogP contribution in [0.25, 0.3) is 0 Å². The van der Waals surface area contributed by atoms with Gasteiger partial charge in [0.1, 0.15) is 11.6 Å². The lowest BCUT2D eigenvalue weighted by Crippen LogP contribution is -2.47. The van der Waals surface area contributed by atoms with Crippen molar-refractivity contribution in [2.24, 2.45) is 0 Å². The van der Waals surface area contributed by atoms with Gasteiger partial charge in [0.2, 0.25) is 0 Å². The van der Waals surface area contributed by atoms with E-state index in [1.165, 1.54) is 19.1 Å². The van der Waals surface area contributed by atoms with Crippen LogP contribution in [0.5, 0.6) is 0 Å². The molecule has 0 aromatic carbocycles. The van der Waals surface area contributed by atoms with Gasteiger partial charge in [-0.05, 0) is 33.6 Å². The van der Waals surface area contributed by atoms with Gasteiger partial charge in [-0.25, -0.2) is 9.86 Å². The predicted molar refractivity (Wildman–Crippen MR) is 65.7 cm³/mol. The third kappa shape index (κ3) is 3.60. The van der Waals surface area contributed by atoms with Gasteiger partial charge < -0.3 is 4.74 Å². The monoisotopic (exact) mass is 258 g/mol. The van der Waals surface area contributed by atoms with Crippen LogP contribution in [0.3, 0.4) is 0 Å². The molecule has 0 N–H and O–H groups in total. The molecule has 0 spiro atoms. The molecule has 104 valence electrons. The van der Waals surface area contributed by atoms with Gasteiger partial charge in [-0.15, -0.1) is 0 Å². The summed E-state index contributed by atoms with van der Waals surface area (Å²) in [5.41, 5.74) is -0.555. The summed E-state index contributed by atoms with van der Waals surface area (Å²) in [4.78, 5) is 30.3. The Bertz CT molecular complexity index is 325. The number of carbonyl (C=O) groups excluding carboxylic acids is 2. The fourth-order valence-corrected chi connectivity index (χ4v) is 1.86. The van der Waals surface area contributed by atoms with Crippen LogP contribution < -0.4 is 0 Å². The second-order valence-corrected chi connectivity index (χ2v) is 5.35. The maximum absolute atomic E-state index is 12.0. The zero-order valence-corrected chi connectivity index (χ0v) is 11.7. The van der Waals surface area contributed by atoms with E-state index in [-0.39, 0.29) is 5.91 Å². The average Bonchev–Trinajstić information content (AvgIpc) is 2.73. The molecule has 1 aliphatic rings. The number of carbonyl (C=O) groups is 2. The van der Waals surface area contributed by atoms with Crippen LogP contribution in [-0.2, 0) is 14.4 Å². The van der Waals surface area contributed by atoms with Crippen molar-refractivity contribution in [3.05, 3.63) is 0 Å². The van der Waals surface area contributed by atoms with Crippen molar-refractivity contribution in [3.8, 4) is 0 Å². The van der Waals surface area contributed by atoms with Crippen LogP contribution in [0.15, 0.2) is 0 Å². The van der Waals surface area contributed by atoms with Gasteiger partial charge in [0, 0.05) is 13.6 Å². The van der Waals surface area contributed by atoms with E-state index in [1.54, 1.807) is 20.8 Å². The van der Waals surface area contributed by atoms with Gasteiger partial charge in [-0.1, -0.05) is 0 Å². The van der Waals surface area contributed by atoms with Crippen LogP contribution >= 0.6 is 0 Å². The predicted octanol–water partition coefficient (Wildman–Crippen LogP) is 1.41. The fraction of sp³-hybridized carbons (Fsp3) is 0.833. The van der Waals surface area contributed by atoms with Crippen LogP contribution in [0, 0.1) is 0 Å². The van der Waals surface area contributed by atoms with Crippen LogP contribution in [0.2, 0.25) is 0 Å². The molecular formula is C12H22N2O4. The molecule has 1 rings (SSSR count). The van der Waals surface area contributed by atoms with Gasteiger partial charge in [0.05, 0.1) is 7.11 Å². The van der Waals surface area contributed by atoms with Crippen LogP contribution in [0.1, 0.15) is 33.6 Å². The van der Waals surface area contributed by atoms with Gasteiger partial charge in [0.15, 0.2) is 0 Å². The molecule has 1 fully saturated rings. The SMILES string of the molecule is CON(C)C(=O)C1CCCN1C(=O)OC(C)(C)C. The van der Waals surface area contributed by atoms with E-state index in [2.05, 4.69) is 0 Å². The highest BCUT2D eigenvalue weighted by Gasteiger charge is 2.38. The third-order valence-corrected chi connectivity index (χ3v) is 2.75. The Hall–Kier alpha value is -1.30. The molecule has 1 unspecified atom stereocenters. The fourth-order valence-electron chi connectivity index (χ4n) is 1.86. The maximum atomic E-state index is 12.0. The molecule has 0 aliphatic carbocycles. The number of ether oxygens (including phenoxy) is 1. The first kappa shape index (κ1) is 14.8. The topological polar surface area (TPSA) is 59.1 Å². The molecule has 0 bridgehead atoms. The van der Waals surface area contributed by atoms with Crippen molar-refractivity contribution in [2.45, 2.75) is 45.3 Å². The Balaban J connectivity index is 2.70. The van der Waals surface area contributed by atoms with Crippen molar-refractivity contribution in [3.63, 3.8) is 0 Å². The van der Waals surface area contributed by atoms with Crippen molar-refractivity contribution in [1.82, 2.24) is 9.96 Å². The number of hydroxylamine groups is 2. The molecule has 1 atom stereocenters.